The van der Waals surface area contributed by atoms with Crippen molar-refractivity contribution in [3.63, 3.8) is 0 Å². The van der Waals surface area contributed by atoms with Crippen LogP contribution in [0.3, 0.4) is 0 Å². The Hall–Kier alpha value is -2.82. The molecule has 5 heteroatoms. The third-order valence-electron chi connectivity index (χ3n) is 3.25. The van der Waals surface area contributed by atoms with Crippen LogP contribution in [0.4, 0.5) is 11.4 Å². The average Bonchev–Trinajstić information content (AvgIpc) is 2.90. The SMILES string of the molecule is CC(=O)Nc1ccc(C(=O)C2N=Nc3ccccc32)cc1.[H+]. The molecule has 2 aromatic rings. The van der Waals surface area contributed by atoms with E-state index in [9.17, 15) is 9.59 Å². The van der Waals surface area contributed by atoms with Crippen LogP contribution in [0.2, 0.25) is 0 Å². The van der Waals surface area contributed by atoms with Crippen molar-refractivity contribution in [2.45, 2.75) is 13.0 Å². The lowest BCUT2D eigenvalue weighted by molar-refractivity contribution is -0.114. The summed E-state index contributed by atoms with van der Waals surface area (Å²) in [7, 11) is 0. The summed E-state index contributed by atoms with van der Waals surface area (Å²) in [5, 5.41) is 10.8. The first-order chi connectivity index (χ1) is 10.1. The second-order valence-corrected chi connectivity index (χ2v) is 4.80. The lowest BCUT2D eigenvalue weighted by Crippen LogP contribution is -2.10. The Morgan fingerprint density at radius 2 is 1.81 bits per heavy atom. The number of carbonyl (C=O) groups is 2. The molecule has 104 valence electrons. The van der Waals surface area contributed by atoms with Gasteiger partial charge in [0.2, 0.25) is 5.91 Å². The summed E-state index contributed by atoms with van der Waals surface area (Å²) >= 11 is 0. The minimum atomic E-state index is -0.576. The van der Waals surface area contributed by atoms with Gasteiger partial charge in [-0.05, 0) is 30.3 Å². The van der Waals surface area contributed by atoms with Crippen LogP contribution in [-0.2, 0) is 4.79 Å². The molecule has 1 atom stereocenters. The molecule has 1 amide bonds. The van der Waals surface area contributed by atoms with Crippen molar-refractivity contribution in [3.05, 3.63) is 59.7 Å². The molecule has 0 saturated carbocycles. The highest BCUT2D eigenvalue weighted by atomic mass is 16.1. The normalized spacial score (nSPS) is 15.6. The van der Waals surface area contributed by atoms with Gasteiger partial charge in [0.05, 0.1) is 5.69 Å². The molecule has 0 fully saturated rings. The molecule has 1 heterocycles. The number of hydrogen-bond donors (Lipinski definition) is 1. The van der Waals surface area contributed by atoms with Gasteiger partial charge in [-0.2, -0.15) is 10.2 Å². The topological polar surface area (TPSA) is 70.9 Å². The standard InChI is InChI=1S/C16H13N3O2/c1-10(20)17-12-8-6-11(7-9-12)16(21)15-13-4-2-3-5-14(13)18-19-15/h2-9,15H,1H3,(H,17,20)/p+1. The third kappa shape index (κ3) is 2.58. The van der Waals surface area contributed by atoms with Gasteiger partial charge in [0.15, 0.2) is 11.8 Å². The highest BCUT2D eigenvalue weighted by Gasteiger charge is 2.27. The largest absolute Gasteiger partial charge is 1.00 e. The molecule has 0 aliphatic carbocycles. The van der Waals surface area contributed by atoms with E-state index in [0.29, 0.717) is 11.3 Å². The van der Waals surface area contributed by atoms with E-state index in [1.54, 1.807) is 24.3 Å². The summed E-state index contributed by atoms with van der Waals surface area (Å²) in [5.74, 6) is -0.245. The van der Waals surface area contributed by atoms with Gasteiger partial charge in [0.1, 0.15) is 0 Å². The Morgan fingerprint density at radius 3 is 2.52 bits per heavy atom. The summed E-state index contributed by atoms with van der Waals surface area (Å²) in [5.41, 5.74) is 2.77. The van der Waals surface area contributed by atoms with E-state index < -0.39 is 6.04 Å². The molecular formula is C16H14N3O2+. The van der Waals surface area contributed by atoms with E-state index in [1.807, 2.05) is 24.3 Å². The summed E-state index contributed by atoms with van der Waals surface area (Å²) in [6, 6.07) is 13.6. The number of nitrogens with one attached hydrogen (secondary N) is 1. The Bertz CT molecular complexity index is 741. The highest BCUT2D eigenvalue weighted by Crippen LogP contribution is 2.37. The molecule has 1 unspecified atom stereocenters. The third-order valence-corrected chi connectivity index (χ3v) is 3.25. The first-order valence-corrected chi connectivity index (χ1v) is 6.57. The van der Waals surface area contributed by atoms with Crippen LogP contribution in [0.1, 0.15) is 30.3 Å². The number of Topliss-reactive ketones (excluding diaryl/α,β-unsaturated/α-hetero) is 1. The molecule has 21 heavy (non-hydrogen) atoms. The van der Waals surface area contributed by atoms with Gasteiger partial charge in [-0.1, -0.05) is 18.2 Å². The van der Waals surface area contributed by atoms with Gasteiger partial charge in [0, 0.05) is 23.7 Å². The van der Waals surface area contributed by atoms with Crippen LogP contribution in [0, 0.1) is 0 Å². The van der Waals surface area contributed by atoms with Gasteiger partial charge < -0.3 is 5.32 Å². The van der Waals surface area contributed by atoms with E-state index in [4.69, 9.17) is 0 Å². The summed E-state index contributed by atoms with van der Waals surface area (Å²) in [6.45, 7) is 1.44. The van der Waals surface area contributed by atoms with Crippen LogP contribution in [-0.4, -0.2) is 11.7 Å². The van der Waals surface area contributed by atoms with Gasteiger partial charge in [-0.3, -0.25) is 9.59 Å². The van der Waals surface area contributed by atoms with Crippen molar-refractivity contribution in [2.75, 3.05) is 5.32 Å². The fraction of sp³-hybridized carbons (Fsp3) is 0.125. The van der Waals surface area contributed by atoms with Crippen LogP contribution < -0.4 is 5.32 Å². The number of nitrogens with zero attached hydrogens (tertiary/aromatic N) is 2. The summed E-state index contributed by atoms with van der Waals surface area (Å²) < 4.78 is 0. The number of rotatable bonds is 3. The predicted octanol–water partition coefficient (Wildman–Crippen LogP) is 3.78. The number of hydrogen-bond acceptors (Lipinski definition) is 4. The van der Waals surface area contributed by atoms with Crippen molar-refractivity contribution >= 4 is 23.1 Å². The summed E-state index contributed by atoms with van der Waals surface area (Å²) in [4.78, 5) is 23.5. The molecule has 1 aliphatic rings. The fourth-order valence-corrected chi connectivity index (χ4v) is 2.26. The number of azo groups is 1. The number of fused-ring (bicyclic) bond motifs is 1. The van der Waals surface area contributed by atoms with Crippen LogP contribution in [0.5, 0.6) is 0 Å². The first kappa shape index (κ1) is 13.2. The molecule has 0 saturated heterocycles. The van der Waals surface area contributed by atoms with E-state index in [-0.39, 0.29) is 13.1 Å². The lowest BCUT2D eigenvalue weighted by Gasteiger charge is -2.08. The minimum Gasteiger partial charge on any atom is -0.326 e. The molecule has 0 spiro atoms. The molecule has 1 N–H and O–H groups in total. The maximum absolute atomic E-state index is 12.5. The maximum atomic E-state index is 12.5. The molecular weight excluding hydrogens is 266 g/mol. The van der Waals surface area contributed by atoms with Gasteiger partial charge in [-0.15, -0.1) is 0 Å². The first-order valence-electron chi connectivity index (χ1n) is 6.57. The summed E-state index contributed by atoms with van der Waals surface area (Å²) in [6.07, 6.45) is 0. The van der Waals surface area contributed by atoms with Gasteiger partial charge in [0.25, 0.3) is 0 Å². The number of amides is 1. The van der Waals surface area contributed by atoms with E-state index in [2.05, 4.69) is 15.5 Å². The van der Waals surface area contributed by atoms with Crippen molar-refractivity contribution < 1.29 is 11.0 Å². The van der Waals surface area contributed by atoms with Crippen molar-refractivity contribution in [3.8, 4) is 0 Å². The number of benzene rings is 2. The lowest BCUT2D eigenvalue weighted by atomic mass is 9.97. The highest BCUT2D eigenvalue weighted by molar-refractivity contribution is 6.02. The molecule has 0 radical (unpaired) electrons. The van der Waals surface area contributed by atoms with E-state index in [1.165, 1.54) is 6.92 Å². The Labute approximate surface area is 123 Å². The molecule has 0 bridgehead atoms. The second kappa shape index (κ2) is 5.28. The zero-order valence-corrected chi connectivity index (χ0v) is 11.4. The average molecular weight is 280 g/mol. The number of anilines is 1. The quantitative estimate of drug-likeness (QED) is 0.869. The van der Waals surface area contributed by atoms with E-state index >= 15 is 0 Å². The maximum Gasteiger partial charge on any atom is 1.00 e. The van der Waals surface area contributed by atoms with E-state index in [0.717, 1.165) is 11.3 Å². The zero-order valence-electron chi connectivity index (χ0n) is 12.4. The Morgan fingerprint density at radius 1 is 1.10 bits per heavy atom. The van der Waals surface area contributed by atoms with Gasteiger partial charge >= 0.3 is 1.43 Å². The number of ketones is 1. The monoisotopic (exact) mass is 280 g/mol. The predicted molar refractivity (Wildman–Crippen MR) is 79.9 cm³/mol. The zero-order chi connectivity index (χ0) is 14.8. The molecule has 2 aromatic carbocycles. The molecule has 0 aromatic heterocycles. The smallest absolute Gasteiger partial charge is 0.326 e. The molecule has 5 nitrogen and oxygen atoms in total. The minimum absolute atomic E-state index is 0. The molecule has 3 rings (SSSR count). The Balaban J connectivity index is 0.00000176. The number of carbonyl (C=O) groups excluding carboxylic acids is 2. The van der Waals surface area contributed by atoms with Crippen molar-refractivity contribution in [2.24, 2.45) is 10.2 Å². The van der Waals surface area contributed by atoms with Crippen LogP contribution in [0.25, 0.3) is 0 Å². The van der Waals surface area contributed by atoms with Crippen LogP contribution in [0.15, 0.2) is 58.8 Å². The fourth-order valence-electron chi connectivity index (χ4n) is 2.26. The molecule has 1 aliphatic heterocycles. The second-order valence-electron chi connectivity index (χ2n) is 4.80. The Kier molecular flexibility index (Phi) is 3.31. The van der Waals surface area contributed by atoms with Gasteiger partial charge in [-0.25, -0.2) is 0 Å². The van der Waals surface area contributed by atoms with Crippen molar-refractivity contribution in [1.82, 2.24) is 0 Å². The van der Waals surface area contributed by atoms with Crippen LogP contribution >= 0.6 is 0 Å². The van der Waals surface area contributed by atoms with Crippen molar-refractivity contribution in [1.29, 1.82) is 0 Å².